The number of nitrogens with one attached hydrogen (secondary N) is 2. The average Bonchev–Trinajstić information content (AvgIpc) is 2.32. The Hall–Kier alpha value is -1.81. The van der Waals surface area contributed by atoms with Gasteiger partial charge in [0.25, 0.3) is 5.56 Å². The van der Waals surface area contributed by atoms with E-state index in [1.54, 1.807) is 0 Å². The Kier molecular flexibility index (Phi) is 3.44. The van der Waals surface area contributed by atoms with Crippen molar-refractivity contribution in [2.24, 2.45) is 0 Å². The maximum Gasteiger partial charge on any atom is 0.290 e. The van der Waals surface area contributed by atoms with Crippen molar-refractivity contribution in [2.75, 3.05) is 5.32 Å². The summed E-state index contributed by atoms with van der Waals surface area (Å²) in [5, 5.41) is 3.71. The van der Waals surface area contributed by atoms with E-state index in [0.29, 0.717) is 10.8 Å². The van der Waals surface area contributed by atoms with Gasteiger partial charge in [-0.1, -0.05) is 23.7 Å². The van der Waals surface area contributed by atoms with Crippen LogP contribution in [0.15, 0.2) is 41.5 Å². The van der Waals surface area contributed by atoms with Crippen molar-refractivity contribution < 1.29 is 0 Å². The summed E-state index contributed by atoms with van der Waals surface area (Å²) in [5.41, 5.74) is 0.768. The van der Waals surface area contributed by atoms with E-state index in [0.717, 1.165) is 5.56 Å². The molecule has 0 amide bonds. The Bertz CT molecular complexity index is 567. The average molecular weight is 250 g/mol. The van der Waals surface area contributed by atoms with Crippen LogP contribution in [0.3, 0.4) is 0 Å². The van der Waals surface area contributed by atoms with E-state index in [1.165, 1.54) is 12.4 Å². The number of rotatable bonds is 3. The first-order valence-electron chi connectivity index (χ1n) is 5.22. The van der Waals surface area contributed by atoms with Crippen LogP contribution in [-0.2, 0) is 0 Å². The second-order valence-electron chi connectivity index (χ2n) is 3.69. The van der Waals surface area contributed by atoms with E-state index in [4.69, 9.17) is 11.6 Å². The van der Waals surface area contributed by atoms with Gasteiger partial charge in [-0.2, -0.15) is 0 Å². The van der Waals surface area contributed by atoms with Crippen molar-refractivity contribution in [1.29, 1.82) is 0 Å². The number of hydrogen-bond donors (Lipinski definition) is 2. The molecule has 5 heteroatoms. The zero-order valence-electron chi connectivity index (χ0n) is 9.27. The number of hydrogen-bond acceptors (Lipinski definition) is 3. The van der Waals surface area contributed by atoms with E-state index in [-0.39, 0.29) is 11.6 Å². The third kappa shape index (κ3) is 2.85. The molecule has 1 aromatic carbocycles. The normalized spacial score (nSPS) is 12.1. The van der Waals surface area contributed by atoms with Gasteiger partial charge in [0.1, 0.15) is 0 Å². The molecule has 2 rings (SSSR count). The van der Waals surface area contributed by atoms with Crippen LogP contribution < -0.4 is 10.9 Å². The van der Waals surface area contributed by atoms with Gasteiger partial charge in [0.15, 0.2) is 5.82 Å². The molecule has 0 spiro atoms. The van der Waals surface area contributed by atoms with Gasteiger partial charge in [0, 0.05) is 17.4 Å². The Morgan fingerprint density at radius 3 is 3.00 bits per heavy atom. The number of H-pyrrole nitrogens is 1. The fraction of sp³-hybridized carbons (Fsp3) is 0.167. The molecule has 1 aromatic heterocycles. The standard InChI is InChI=1S/C12H12ClN3O/c1-8(9-3-2-4-10(13)7-9)16-11-12(17)15-6-5-14-11/h2-8H,1H3,(H,14,16)(H,15,17). The highest BCUT2D eigenvalue weighted by molar-refractivity contribution is 6.30. The molecule has 0 saturated heterocycles. The Labute approximate surface area is 104 Å². The largest absolute Gasteiger partial charge is 0.359 e. The molecule has 2 aromatic rings. The van der Waals surface area contributed by atoms with Crippen LogP contribution in [0.2, 0.25) is 5.02 Å². The summed E-state index contributed by atoms with van der Waals surface area (Å²) >= 11 is 5.91. The fourth-order valence-electron chi connectivity index (χ4n) is 1.52. The Morgan fingerprint density at radius 1 is 1.47 bits per heavy atom. The van der Waals surface area contributed by atoms with Crippen LogP contribution in [0.4, 0.5) is 5.82 Å². The van der Waals surface area contributed by atoms with Crippen molar-refractivity contribution in [2.45, 2.75) is 13.0 Å². The summed E-state index contributed by atoms with van der Waals surface area (Å²) in [5.74, 6) is 0.306. The van der Waals surface area contributed by atoms with Crippen molar-refractivity contribution in [3.05, 3.63) is 57.6 Å². The number of aromatic nitrogens is 2. The number of nitrogens with zero attached hydrogens (tertiary/aromatic N) is 1. The van der Waals surface area contributed by atoms with Gasteiger partial charge < -0.3 is 10.3 Å². The summed E-state index contributed by atoms with van der Waals surface area (Å²) < 4.78 is 0. The molecule has 0 fully saturated rings. The van der Waals surface area contributed by atoms with E-state index in [1.807, 2.05) is 31.2 Å². The topological polar surface area (TPSA) is 57.8 Å². The van der Waals surface area contributed by atoms with Crippen LogP contribution >= 0.6 is 11.6 Å². The molecule has 88 valence electrons. The predicted molar refractivity (Wildman–Crippen MR) is 68.3 cm³/mol. The first-order valence-corrected chi connectivity index (χ1v) is 5.60. The van der Waals surface area contributed by atoms with Crippen molar-refractivity contribution in [3.8, 4) is 0 Å². The lowest BCUT2D eigenvalue weighted by atomic mass is 10.1. The lowest BCUT2D eigenvalue weighted by Gasteiger charge is -2.14. The van der Waals surface area contributed by atoms with Gasteiger partial charge in [-0.15, -0.1) is 0 Å². The molecule has 2 N–H and O–H groups in total. The molecule has 4 nitrogen and oxygen atoms in total. The SMILES string of the molecule is CC(Nc1ncc[nH]c1=O)c1cccc(Cl)c1. The van der Waals surface area contributed by atoms with Gasteiger partial charge in [-0.25, -0.2) is 4.98 Å². The first kappa shape index (κ1) is 11.7. The van der Waals surface area contributed by atoms with Crippen LogP contribution in [0.5, 0.6) is 0 Å². The minimum atomic E-state index is -0.235. The molecule has 0 radical (unpaired) electrons. The third-order valence-electron chi connectivity index (χ3n) is 2.41. The monoisotopic (exact) mass is 249 g/mol. The van der Waals surface area contributed by atoms with Gasteiger partial charge in [0.05, 0.1) is 6.04 Å². The third-order valence-corrected chi connectivity index (χ3v) is 2.64. The van der Waals surface area contributed by atoms with E-state index in [9.17, 15) is 4.79 Å². The molecule has 0 aliphatic carbocycles. The second kappa shape index (κ2) is 5.01. The first-order chi connectivity index (χ1) is 8.16. The second-order valence-corrected chi connectivity index (χ2v) is 4.12. The number of halogens is 1. The number of aromatic amines is 1. The van der Waals surface area contributed by atoms with Gasteiger partial charge in [0.2, 0.25) is 0 Å². The minimum absolute atomic E-state index is 0.0373. The van der Waals surface area contributed by atoms with E-state index >= 15 is 0 Å². The molecule has 1 heterocycles. The summed E-state index contributed by atoms with van der Waals surface area (Å²) in [6.07, 6.45) is 3.03. The Morgan fingerprint density at radius 2 is 2.29 bits per heavy atom. The highest BCUT2D eigenvalue weighted by Crippen LogP contribution is 2.19. The maximum absolute atomic E-state index is 11.4. The Balaban J connectivity index is 2.20. The number of benzene rings is 1. The summed E-state index contributed by atoms with van der Waals surface area (Å²) in [4.78, 5) is 18.0. The van der Waals surface area contributed by atoms with Crippen LogP contribution in [-0.4, -0.2) is 9.97 Å². The van der Waals surface area contributed by atoms with Gasteiger partial charge >= 0.3 is 0 Å². The minimum Gasteiger partial charge on any atom is -0.359 e. The number of anilines is 1. The van der Waals surface area contributed by atoms with Crippen molar-refractivity contribution >= 4 is 17.4 Å². The van der Waals surface area contributed by atoms with Crippen LogP contribution in [0.25, 0.3) is 0 Å². The zero-order valence-corrected chi connectivity index (χ0v) is 10.0. The summed E-state index contributed by atoms with van der Waals surface area (Å²) in [6.45, 7) is 1.94. The summed E-state index contributed by atoms with van der Waals surface area (Å²) in [7, 11) is 0. The van der Waals surface area contributed by atoms with Gasteiger partial charge in [-0.05, 0) is 24.6 Å². The fourth-order valence-corrected chi connectivity index (χ4v) is 1.72. The molecule has 1 atom stereocenters. The highest BCUT2D eigenvalue weighted by atomic mass is 35.5. The van der Waals surface area contributed by atoms with E-state index in [2.05, 4.69) is 15.3 Å². The van der Waals surface area contributed by atoms with Crippen LogP contribution in [0, 0.1) is 0 Å². The van der Waals surface area contributed by atoms with Gasteiger partial charge in [-0.3, -0.25) is 4.79 Å². The molecule has 1 unspecified atom stereocenters. The zero-order chi connectivity index (χ0) is 12.3. The highest BCUT2D eigenvalue weighted by Gasteiger charge is 2.08. The molecule has 0 aliphatic rings. The molecular formula is C12H12ClN3O. The quantitative estimate of drug-likeness (QED) is 0.879. The molecule has 0 aliphatic heterocycles. The van der Waals surface area contributed by atoms with Crippen LogP contribution in [0.1, 0.15) is 18.5 Å². The van der Waals surface area contributed by atoms with E-state index < -0.39 is 0 Å². The smallest absolute Gasteiger partial charge is 0.290 e. The summed E-state index contributed by atoms with van der Waals surface area (Å²) in [6, 6.07) is 7.45. The predicted octanol–water partition coefficient (Wildman–Crippen LogP) is 2.60. The van der Waals surface area contributed by atoms with Crippen molar-refractivity contribution in [1.82, 2.24) is 9.97 Å². The van der Waals surface area contributed by atoms with Crippen molar-refractivity contribution in [3.63, 3.8) is 0 Å². The maximum atomic E-state index is 11.4. The molecule has 0 saturated carbocycles. The lowest BCUT2D eigenvalue weighted by molar-refractivity contribution is 0.866. The molecule has 0 bridgehead atoms. The lowest BCUT2D eigenvalue weighted by Crippen LogP contribution is -2.17. The molecule has 17 heavy (non-hydrogen) atoms. The molecular weight excluding hydrogens is 238 g/mol.